The fourth-order valence-electron chi connectivity index (χ4n) is 2.66. The van der Waals surface area contributed by atoms with Gasteiger partial charge in [-0.15, -0.1) is 12.4 Å². The minimum atomic E-state index is -0.728. The first-order chi connectivity index (χ1) is 10.6. The molecule has 0 spiro atoms. The monoisotopic (exact) mass is 340 g/mol. The van der Waals surface area contributed by atoms with Gasteiger partial charge in [0.05, 0.1) is 0 Å². The first kappa shape index (κ1) is 19.5. The lowest BCUT2D eigenvalue weighted by Crippen LogP contribution is -2.48. The number of hydrogen-bond donors (Lipinski definition) is 1. The number of halogens is 1. The van der Waals surface area contributed by atoms with Crippen molar-refractivity contribution < 1.29 is 14.7 Å². The van der Waals surface area contributed by atoms with E-state index in [-0.39, 0.29) is 24.7 Å². The highest BCUT2D eigenvalue weighted by Crippen LogP contribution is 2.11. The topological polar surface area (TPSA) is 60.9 Å². The fourth-order valence-corrected chi connectivity index (χ4v) is 2.66. The Kier molecular flexibility index (Phi) is 8.06. The molecule has 0 unspecified atom stereocenters. The summed E-state index contributed by atoms with van der Waals surface area (Å²) < 4.78 is 0. The van der Waals surface area contributed by atoms with E-state index in [1.165, 1.54) is 0 Å². The molecule has 128 valence electrons. The summed E-state index contributed by atoms with van der Waals surface area (Å²) in [5.41, 5.74) is 1.91. The lowest BCUT2D eigenvalue weighted by Gasteiger charge is -2.34. The molecule has 1 aliphatic heterocycles. The summed E-state index contributed by atoms with van der Waals surface area (Å²) in [5.74, 6) is -0.626. The Bertz CT molecular complexity index is 511. The third kappa shape index (κ3) is 6.20. The Morgan fingerprint density at radius 1 is 1.04 bits per heavy atom. The van der Waals surface area contributed by atoms with Crippen LogP contribution in [0, 0.1) is 6.92 Å². The number of unbranched alkanes of at least 4 members (excludes halogenated alkanes) is 1. The molecule has 0 atom stereocenters. The fraction of sp³-hybridized carbons (Fsp3) is 0.529. The van der Waals surface area contributed by atoms with Crippen molar-refractivity contribution in [2.45, 2.75) is 26.2 Å². The molecule has 0 radical (unpaired) electrons. The molecule has 1 amide bonds. The summed E-state index contributed by atoms with van der Waals surface area (Å²) in [5, 5.41) is 8.61. The zero-order valence-corrected chi connectivity index (χ0v) is 14.3. The number of rotatable bonds is 6. The third-order valence-electron chi connectivity index (χ3n) is 4.07. The lowest BCUT2D eigenvalue weighted by molar-refractivity contribution is -0.137. The van der Waals surface area contributed by atoms with Crippen LogP contribution in [-0.2, 0) is 4.79 Å². The Morgan fingerprint density at radius 2 is 1.65 bits per heavy atom. The van der Waals surface area contributed by atoms with Gasteiger partial charge in [-0.1, -0.05) is 17.7 Å². The Morgan fingerprint density at radius 3 is 2.22 bits per heavy atom. The Balaban J connectivity index is 0.00000264. The third-order valence-corrected chi connectivity index (χ3v) is 4.07. The SMILES string of the molecule is Cc1ccc(C(=O)N2CCN(CCCCC(=O)O)CC2)cc1.Cl. The number of aryl methyl sites for hydroxylation is 1. The van der Waals surface area contributed by atoms with Crippen molar-refractivity contribution >= 4 is 24.3 Å². The van der Waals surface area contributed by atoms with E-state index in [9.17, 15) is 9.59 Å². The molecule has 1 N–H and O–H groups in total. The number of benzene rings is 1. The highest BCUT2D eigenvalue weighted by Gasteiger charge is 2.21. The number of hydrogen-bond acceptors (Lipinski definition) is 3. The van der Waals surface area contributed by atoms with Crippen LogP contribution in [0.15, 0.2) is 24.3 Å². The van der Waals surface area contributed by atoms with Gasteiger partial charge in [-0.3, -0.25) is 14.5 Å². The summed E-state index contributed by atoms with van der Waals surface area (Å²) in [6.45, 7) is 6.14. The van der Waals surface area contributed by atoms with Crippen molar-refractivity contribution in [3.8, 4) is 0 Å². The zero-order valence-electron chi connectivity index (χ0n) is 13.5. The molecule has 1 aromatic rings. The maximum Gasteiger partial charge on any atom is 0.303 e. The van der Waals surface area contributed by atoms with Crippen LogP contribution in [0.25, 0.3) is 0 Å². The zero-order chi connectivity index (χ0) is 15.9. The number of carboxylic acids is 1. The average molecular weight is 341 g/mol. The molecular weight excluding hydrogens is 316 g/mol. The predicted molar refractivity (Wildman–Crippen MR) is 92.3 cm³/mol. The highest BCUT2D eigenvalue weighted by molar-refractivity contribution is 5.94. The van der Waals surface area contributed by atoms with Gasteiger partial charge in [0.15, 0.2) is 0 Å². The van der Waals surface area contributed by atoms with Gasteiger partial charge in [0, 0.05) is 38.2 Å². The van der Waals surface area contributed by atoms with Gasteiger partial charge in [-0.25, -0.2) is 0 Å². The standard InChI is InChI=1S/C17H24N2O3.ClH/c1-14-5-7-15(8-6-14)17(22)19-12-10-18(11-13-19)9-3-2-4-16(20)21;/h5-8H,2-4,9-13H2,1H3,(H,20,21);1H. The van der Waals surface area contributed by atoms with Gasteiger partial charge < -0.3 is 10.0 Å². The Labute approximate surface area is 143 Å². The number of carbonyl (C=O) groups excluding carboxylic acids is 1. The van der Waals surface area contributed by atoms with Crippen molar-refractivity contribution in [2.24, 2.45) is 0 Å². The molecule has 6 heteroatoms. The van der Waals surface area contributed by atoms with Crippen LogP contribution < -0.4 is 0 Å². The van der Waals surface area contributed by atoms with Crippen LogP contribution in [0.2, 0.25) is 0 Å². The number of carbonyl (C=O) groups is 2. The molecule has 23 heavy (non-hydrogen) atoms. The van der Waals surface area contributed by atoms with E-state index < -0.39 is 5.97 Å². The molecule has 1 aliphatic rings. The molecular formula is C17H25ClN2O3. The molecule has 0 aromatic heterocycles. The van der Waals surface area contributed by atoms with Gasteiger partial charge in [-0.05, 0) is 38.4 Å². The van der Waals surface area contributed by atoms with Gasteiger partial charge in [0.25, 0.3) is 5.91 Å². The van der Waals surface area contributed by atoms with Crippen molar-refractivity contribution in [3.05, 3.63) is 35.4 Å². The minimum Gasteiger partial charge on any atom is -0.481 e. The van der Waals surface area contributed by atoms with Crippen LogP contribution in [0.3, 0.4) is 0 Å². The normalized spacial score (nSPS) is 15.1. The largest absolute Gasteiger partial charge is 0.481 e. The summed E-state index contributed by atoms with van der Waals surface area (Å²) in [7, 11) is 0. The van der Waals surface area contributed by atoms with Crippen LogP contribution in [0.4, 0.5) is 0 Å². The van der Waals surface area contributed by atoms with E-state index in [0.717, 1.165) is 56.7 Å². The molecule has 1 aromatic carbocycles. The van der Waals surface area contributed by atoms with E-state index in [4.69, 9.17) is 5.11 Å². The number of aliphatic carboxylic acids is 1. The highest BCUT2D eigenvalue weighted by atomic mass is 35.5. The number of nitrogens with zero attached hydrogens (tertiary/aromatic N) is 2. The maximum atomic E-state index is 12.4. The van der Waals surface area contributed by atoms with E-state index in [1.807, 2.05) is 36.1 Å². The van der Waals surface area contributed by atoms with Gasteiger partial charge in [-0.2, -0.15) is 0 Å². The van der Waals surface area contributed by atoms with Crippen molar-refractivity contribution in [3.63, 3.8) is 0 Å². The van der Waals surface area contributed by atoms with E-state index in [2.05, 4.69) is 4.90 Å². The summed E-state index contributed by atoms with van der Waals surface area (Å²) in [4.78, 5) is 27.1. The summed E-state index contributed by atoms with van der Waals surface area (Å²) >= 11 is 0. The number of amides is 1. The van der Waals surface area contributed by atoms with Crippen LogP contribution >= 0.6 is 12.4 Å². The van der Waals surface area contributed by atoms with Crippen molar-refractivity contribution in [1.29, 1.82) is 0 Å². The molecule has 2 rings (SSSR count). The number of carboxylic acid groups (broad SMARTS) is 1. The molecule has 0 saturated carbocycles. The number of piperazine rings is 1. The smallest absolute Gasteiger partial charge is 0.303 e. The quantitative estimate of drug-likeness (QED) is 0.808. The molecule has 0 bridgehead atoms. The van der Waals surface area contributed by atoms with Gasteiger partial charge in [0.2, 0.25) is 0 Å². The molecule has 1 saturated heterocycles. The second-order valence-corrected chi connectivity index (χ2v) is 5.85. The summed E-state index contributed by atoms with van der Waals surface area (Å²) in [6, 6.07) is 7.70. The minimum absolute atomic E-state index is 0. The molecule has 5 nitrogen and oxygen atoms in total. The summed E-state index contributed by atoms with van der Waals surface area (Å²) in [6.07, 6.45) is 1.86. The second kappa shape index (κ2) is 9.53. The first-order valence-electron chi connectivity index (χ1n) is 7.86. The molecule has 1 fully saturated rings. The maximum absolute atomic E-state index is 12.4. The van der Waals surface area contributed by atoms with Crippen LogP contribution in [0.5, 0.6) is 0 Å². The lowest BCUT2D eigenvalue weighted by atomic mass is 10.1. The second-order valence-electron chi connectivity index (χ2n) is 5.85. The molecule has 0 aliphatic carbocycles. The van der Waals surface area contributed by atoms with Crippen molar-refractivity contribution in [2.75, 3.05) is 32.7 Å². The van der Waals surface area contributed by atoms with Crippen LogP contribution in [-0.4, -0.2) is 59.5 Å². The van der Waals surface area contributed by atoms with E-state index in [0.29, 0.717) is 0 Å². The van der Waals surface area contributed by atoms with Crippen LogP contribution in [0.1, 0.15) is 35.2 Å². The van der Waals surface area contributed by atoms with Crippen molar-refractivity contribution in [1.82, 2.24) is 9.80 Å². The first-order valence-corrected chi connectivity index (χ1v) is 7.86. The van der Waals surface area contributed by atoms with Gasteiger partial charge >= 0.3 is 5.97 Å². The predicted octanol–water partition coefficient (Wildman–Crippen LogP) is 2.43. The van der Waals surface area contributed by atoms with E-state index in [1.54, 1.807) is 0 Å². The molecule has 1 heterocycles. The average Bonchev–Trinajstić information content (AvgIpc) is 2.52. The Hall–Kier alpha value is -1.59. The van der Waals surface area contributed by atoms with Gasteiger partial charge in [0.1, 0.15) is 0 Å². The van der Waals surface area contributed by atoms with E-state index >= 15 is 0 Å².